The van der Waals surface area contributed by atoms with Crippen molar-refractivity contribution < 1.29 is 20.1 Å². The van der Waals surface area contributed by atoms with Gasteiger partial charge in [0.15, 0.2) is 10.5 Å². The molecule has 8 nitrogen and oxygen atoms in total. The third-order valence-electron chi connectivity index (χ3n) is 4.64. The van der Waals surface area contributed by atoms with Crippen LogP contribution in [0.5, 0.6) is 0 Å². The molecule has 0 saturated carbocycles. The Labute approximate surface area is 144 Å². The number of nitrogens with zero attached hydrogens (tertiary/aromatic N) is 1. The molecule has 0 bridgehead atoms. The molecule has 1 aromatic rings. The van der Waals surface area contributed by atoms with Crippen LogP contribution in [0.1, 0.15) is 26.7 Å². The minimum Gasteiger partial charge on any atom is -0.394 e. The van der Waals surface area contributed by atoms with Gasteiger partial charge in [-0.1, -0.05) is 13.8 Å². The Balaban J connectivity index is 2.62. The van der Waals surface area contributed by atoms with Crippen molar-refractivity contribution in [2.45, 2.75) is 50.2 Å². The van der Waals surface area contributed by atoms with E-state index >= 15 is 0 Å². The molecule has 0 aliphatic carbocycles. The van der Waals surface area contributed by atoms with E-state index in [0.717, 1.165) is 0 Å². The largest absolute Gasteiger partial charge is 0.394 e. The number of nitrogens with two attached hydrogens (primary N) is 1. The molecule has 24 heavy (non-hydrogen) atoms. The van der Waals surface area contributed by atoms with Crippen LogP contribution in [0.15, 0.2) is 17.1 Å². The van der Waals surface area contributed by atoms with Crippen LogP contribution < -0.4 is 11.3 Å². The van der Waals surface area contributed by atoms with Gasteiger partial charge < -0.3 is 25.8 Å². The summed E-state index contributed by atoms with van der Waals surface area (Å²) in [4.78, 5) is 13.9. The number of H-pyrrole nitrogens is 1. The fraction of sp³-hybridized carbons (Fsp3) is 0.733. The Morgan fingerprint density at radius 1 is 1.54 bits per heavy atom. The van der Waals surface area contributed by atoms with Crippen molar-refractivity contribution >= 4 is 12.2 Å². The average molecular weight is 359 g/mol. The smallest absolute Gasteiger partial charge is 0.251 e. The second kappa shape index (κ2) is 7.03. The molecule has 0 radical (unpaired) electrons. The van der Waals surface area contributed by atoms with Gasteiger partial charge in [0.2, 0.25) is 0 Å². The number of hydrogen-bond donors (Lipinski definition) is 5. The first-order chi connectivity index (χ1) is 11.2. The van der Waals surface area contributed by atoms with Gasteiger partial charge in [0.05, 0.1) is 6.61 Å². The maximum Gasteiger partial charge on any atom is 0.251 e. The number of aromatic amines is 1. The lowest BCUT2D eigenvalue weighted by atomic mass is 9.80. The molecule has 1 aliphatic rings. The van der Waals surface area contributed by atoms with Gasteiger partial charge in [-0.25, -0.2) is 0 Å². The zero-order valence-corrected chi connectivity index (χ0v) is 14.6. The Bertz CT molecular complexity index is 690. The summed E-state index contributed by atoms with van der Waals surface area (Å²) in [5.74, 6) is 0.272. The lowest BCUT2D eigenvalue weighted by Gasteiger charge is -2.42. The number of aliphatic hydroxyl groups is 3. The molecule has 0 amide bonds. The molecule has 2 heterocycles. The standard InChI is InChI=1S/C15H25N3O5S/c1-9(2)3-5-14(22)12(21)10(7-19)23-15(14,8-16)18-6-4-11(20)17-13(18)24/h4,6,9-10,12,19,21-22H,3,5,7-8,16H2,1-2H3,(H,17,20,24)/t10-,12-,14-,15-/m1/s1. The molecule has 6 N–H and O–H groups in total. The molecule has 1 aromatic heterocycles. The normalized spacial score (nSPS) is 33.3. The maximum atomic E-state index is 11.5. The van der Waals surface area contributed by atoms with Gasteiger partial charge in [-0.15, -0.1) is 0 Å². The van der Waals surface area contributed by atoms with Crippen molar-refractivity contribution in [2.24, 2.45) is 11.7 Å². The molecule has 1 saturated heterocycles. The Morgan fingerprint density at radius 2 is 2.21 bits per heavy atom. The molecule has 4 atom stereocenters. The van der Waals surface area contributed by atoms with Gasteiger partial charge in [-0.3, -0.25) is 14.3 Å². The highest BCUT2D eigenvalue weighted by Crippen LogP contribution is 2.46. The van der Waals surface area contributed by atoms with Gasteiger partial charge in [-0.2, -0.15) is 0 Å². The monoisotopic (exact) mass is 359 g/mol. The van der Waals surface area contributed by atoms with Crippen LogP contribution in [0.25, 0.3) is 0 Å². The first-order valence-corrected chi connectivity index (χ1v) is 8.34. The second-order valence-electron chi connectivity index (χ2n) is 6.61. The van der Waals surface area contributed by atoms with Crippen molar-refractivity contribution in [3.8, 4) is 0 Å². The topological polar surface area (TPSA) is 134 Å². The molecule has 2 rings (SSSR count). The summed E-state index contributed by atoms with van der Waals surface area (Å²) in [6, 6.07) is 1.23. The summed E-state index contributed by atoms with van der Waals surface area (Å²) in [5.41, 5.74) is 2.18. The molecule has 0 aromatic carbocycles. The third kappa shape index (κ3) is 2.96. The summed E-state index contributed by atoms with van der Waals surface area (Å²) < 4.78 is 7.18. The maximum absolute atomic E-state index is 11.5. The fourth-order valence-electron chi connectivity index (χ4n) is 3.23. The molecule has 0 spiro atoms. The number of ether oxygens (including phenoxy) is 1. The number of rotatable bonds is 6. The van der Waals surface area contributed by atoms with Crippen LogP contribution in [-0.4, -0.2) is 55.8 Å². The summed E-state index contributed by atoms with van der Waals surface area (Å²) in [6.07, 6.45) is -0.187. The summed E-state index contributed by atoms with van der Waals surface area (Å²) in [7, 11) is 0. The van der Waals surface area contributed by atoms with Crippen molar-refractivity contribution in [1.29, 1.82) is 0 Å². The minimum absolute atomic E-state index is 0.0155. The van der Waals surface area contributed by atoms with Gasteiger partial charge in [0.1, 0.15) is 17.8 Å². The number of aromatic nitrogens is 2. The van der Waals surface area contributed by atoms with Crippen LogP contribution in [0, 0.1) is 10.7 Å². The zero-order valence-electron chi connectivity index (χ0n) is 13.8. The van der Waals surface area contributed by atoms with Gasteiger partial charge in [-0.05, 0) is 31.0 Å². The quantitative estimate of drug-likeness (QED) is 0.430. The molecule has 0 unspecified atom stereocenters. The highest BCUT2D eigenvalue weighted by atomic mass is 32.1. The van der Waals surface area contributed by atoms with E-state index in [9.17, 15) is 20.1 Å². The van der Waals surface area contributed by atoms with E-state index in [-0.39, 0.29) is 23.7 Å². The van der Waals surface area contributed by atoms with E-state index in [4.69, 9.17) is 22.7 Å². The van der Waals surface area contributed by atoms with Gasteiger partial charge in [0, 0.05) is 18.8 Å². The first-order valence-electron chi connectivity index (χ1n) is 7.93. The molecular weight excluding hydrogens is 334 g/mol. The molecule has 136 valence electrons. The van der Waals surface area contributed by atoms with E-state index in [1.807, 2.05) is 13.8 Å². The molecular formula is C15H25N3O5S. The van der Waals surface area contributed by atoms with Crippen molar-refractivity contribution in [1.82, 2.24) is 9.55 Å². The van der Waals surface area contributed by atoms with E-state index in [0.29, 0.717) is 6.42 Å². The van der Waals surface area contributed by atoms with E-state index < -0.39 is 35.7 Å². The summed E-state index contributed by atoms with van der Waals surface area (Å²) >= 11 is 5.18. The van der Waals surface area contributed by atoms with Crippen LogP contribution in [0.4, 0.5) is 0 Å². The van der Waals surface area contributed by atoms with Crippen LogP contribution in [0.3, 0.4) is 0 Å². The second-order valence-corrected chi connectivity index (χ2v) is 7.00. The Hall–Kier alpha value is -1.10. The minimum atomic E-state index is -1.77. The Kier molecular flexibility index (Phi) is 5.63. The van der Waals surface area contributed by atoms with E-state index in [1.54, 1.807) is 0 Å². The number of nitrogens with one attached hydrogen (secondary N) is 1. The Morgan fingerprint density at radius 3 is 2.71 bits per heavy atom. The summed E-state index contributed by atoms with van der Waals surface area (Å²) in [5, 5.41) is 31.4. The molecule has 9 heteroatoms. The highest BCUT2D eigenvalue weighted by Gasteiger charge is 2.65. The number of aliphatic hydroxyl groups excluding tert-OH is 2. The molecule has 1 aliphatic heterocycles. The predicted molar refractivity (Wildman–Crippen MR) is 89.9 cm³/mol. The first kappa shape index (κ1) is 19.2. The number of hydrogen-bond acceptors (Lipinski definition) is 7. The molecule has 1 fully saturated rings. The third-order valence-corrected chi connectivity index (χ3v) is 4.94. The van der Waals surface area contributed by atoms with E-state index in [2.05, 4.69) is 4.98 Å². The summed E-state index contributed by atoms with van der Waals surface area (Å²) in [6.45, 7) is 3.30. The van der Waals surface area contributed by atoms with Gasteiger partial charge in [0.25, 0.3) is 5.56 Å². The SMILES string of the molecule is CC(C)CC[C@@]1(O)[C@H](O)[C@@H](CO)O[C@@]1(CN)n1ccc(=O)[nH]c1=S. The van der Waals surface area contributed by atoms with Crippen LogP contribution in [0.2, 0.25) is 0 Å². The predicted octanol–water partition coefficient (Wildman–Crippen LogP) is -0.563. The lowest BCUT2D eigenvalue weighted by Crippen LogP contribution is -2.61. The zero-order chi connectivity index (χ0) is 18.1. The van der Waals surface area contributed by atoms with Crippen LogP contribution >= 0.6 is 12.2 Å². The van der Waals surface area contributed by atoms with E-state index in [1.165, 1.54) is 16.8 Å². The van der Waals surface area contributed by atoms with Crippen LogP contribution in [-0.2, 0) is 10.5 Å². The lowest BCUT2D eigenvalue weighted by molar-refractivity contribution is -0.195. The highest BCUT2D eigenvalue weighted by molar-refractivity contribution is 7.71. The van der Waals surface area contributed by atoms with Crippen molar-refractivity contribution in [3.63, 3.8) is 0 Å². The van der Waals surface area contributed by atoms with Crippen molar-refractivity contribution in [2.75, 3.05) is 13.2 Å². The fourth-order valence-corrected chi connectivity index (χ4v) is 3.54. The van der Waals surface area contributed by atoms with Crippen molar-refractivity contribution in [3.05, 3.63) is 27.4 Å². The average Bonchev–Trinajstić information content (AvgIpc) is 2.75. The van der Waals surface area contributed by atoms with Gasteiger partial charge >= 0.3 is 0 Å².